The maximum atomic E-state index is 11.8. The van der Waals surface area contributed by atoms with Gasteiger partial charge in [-0.25, -0.2) is 4.99 Å². The van der Waals surface area contributed by atoms with Crippen LogP contribution in [0.5, 0.6) is 0 Å². The second kappa shape index (κ2) is 9.94. The van der Waals surface area contributed by atoms with Gasteiger partial charge in [0.05, 0.1) is 0 Å². The summed E-state index contributed by atoms with van der Waals surface area (Å²) in [4.78, 5) is 20.6. The van der Waals surface area contributed by atoms with Crippen LogP contribution in [0.25, 0.3) is 0 Å². The smallest absolute Gasteiger partial charge is 0.243 e. The molecule has 0 aromatic carbocycles. The van der Waals surface area contributed by atoms with E-state index in [0.29, 0.717) is 12.1 Å². The van der Waals surface area contributed by atoms with Crippen molar-refractivity contribution < 1.29 is 4.79 Å². The number of nitrogens with zero attached hydrogens (tertiary/aromatic N) is 3. The zero-order chi connectivity index (χ0) is 16.9. The molecule has 0 aromatic rings. The molecule has 0 radical (unpaired) electrons. The summed E-state index contributed by atoms with van der Waals surface area (Å²) in [5.41, 5.74) is 0. The topological polar surface area (TPSA) is 60.0 Å². The highest BCUT2D eigenvalue weighted by Gasteiger charge is 2.28. The monoisotopic (exact) mass is 463 g/mol. The Kier molecular flexibility index (Phi) is 8.25. The summed E-state index contributed by atoms with van der Waals surface area (Å²) in [6, 6.07) is 1.85. The van der Waals surface area contributed by atoms with E-state index in [1.165, 1.54) is 64.5 Å². The SMILES string of the molecule is CN(C)C(=O)CN=C(NC1CC1)NC1CCN(C2CCCC2)CC1.I. The van der Waals surface area contributed by atoms with E-state index in [0.717, 1.165) is 12.0 Å². The zero-order valence-electron chi connectivity index (χ0n) is 15.7. The lowest BCUT2D eigenvalue weighted by Gasteiger charge is -2.36. The van der Waals surface area contributed by atoms with Gasteiger partial charge in [-0.1, -0.05) is 12.8 Å². The maximum Gasteiger partial charge on any atom is 0.243 e. The highest BCUT2D eigenvalue weighted by Crippen LogP contribution is 2.26. The van der Waals surface area contributed by atoms with Crippen LogP contribution < -0.4 is 10.6 Å². The number of rotatable bonds is 5. The van der Waals surface area contributed by atoms with Gasteiger partial charge >= 0.3 is 0 Å². The lowest BCUT2D eigenvalue weighted by molar-refractivity contribution is -0.127. The Hall–Kier alpha value is -0.570. The first-order chi connectivity index (χ1) is 11.6. The number of guanidine groups is 1. The van der Waals surface area contributed by atoms with E-state index in [4.69, 9.17) is 0 Å². The molecule has 6 nitrogen and oxygen atoms in total. The Labute approximate surface area is 169 Å². The summed E-state index contributed by atoms with van der Waals surface area (Å²) in [7, 11) is 3.55. The summed E-state index contributed by atoms with van der Waals surface area (Å²) in [5, 5.41) is 7.03. The molecule has 2 aliphatic carbocycles. The minimum Gasteiger partial charge on any atom is -0.354 e. The number of hydrogen-bond donors (Lipinski definition) is 2. The molecule has 1 aliphatic heterocycles. The van der Waals surface area contributed by atoms with Gasteiger partial charge < -0.3 is 20.4 Å². The van der Waals surface area contributed by atoms with Crippen molar-refractivity contribution in [1.82, 2.24) is 20.4 Å². The number of piperidine rings is 1. The van der Waals surface area contributed by atoms with Gasteiger partial charge in [0.1, 0.15) is 6.54 Å². The van der Waals surface area contributed by atoms with Crippen molar-refractivity contribution in [1.29, 1.82) is 0 Å². The Balaban J connectivity index is 0.00000225. The number of likely N-dealkylation sites (N-methyl/N-ethyl adjacent to an activating group) is 1. The summed E-state index contributed by atoms with van der Waals surface area (Å²) >= 11 is 0. The van der Waals surface area contributed by atoms with E-state index >= 15 is 0 Å². The number of halogens is 1. The lowest BCUT2D eigenvalue weighted by Crippen LogP contribution is -2.50. The molecule has 7 heteroatoms. The summed E-state index contributed by atoms with van der Waals surface area (Å²) < 4.78 is 0. The van der Waals surface area contributed by atoms with Crippen molar-refractivity contribution in [2.75, 3.05) is 33.7 Å². The van der Waals surface area contributed by atoms with Crippen molar-refractivity contribution in [3.8, 4) is 0 Å². The summed E-state index contributed by atoms with van der Waals surface area (Å²) in [6.45, 7) is 2.60. The van der Waals surface area contributed by atoms with Gasteiger partial charge in [-0.2, -0.15) is 0 Å². The van der Waals surface area contributed by atoms with Crippen LogP contribution in [-0.2, 0) is 4.79 Å². The molecule has 3 fully saturated rings. The highest BCUT2D eigenvalue weighted by atomic mass is 127. The quantitative estimate of drug-likeness (QED) is 0.371. The molecule has 3 aliphatic rings. The highest BCUT2D eigenvalue weighted by molar-refractivity contribution is 14.0. The number of nitrogens with one attached hydrogen (secondary N) is 2. The van der Waals surface area contributed by atoms with Gasteiger partial charge in [0.15, 0.2) is 5.96 Å². The first kappa shape index (κ1) is 20.7. The van der Waals surface area contributed by atoms with Gasteiger partial charge in [0, 0.05) is 45.3 Å². The van der Waals surface area contributed by atoms with Gasteiger partial charge in [0.2, 0.25) is 5.91 Å². The Morgan fingerprint density at radius 3 is 2.08 bits per heavy atom. The van der Waals surface area contributed by atoms with Gasteiger partial charge in [-0.3, -0.25) is 4.79 Å². The third-order valence-corrected chi connectivity index (χ3v) is 5.50. The number of carbonyl (C=O) groups excluding carboxylic acids is 1. The predicted molar refractivity (Wildman–Crippen MR) is 113 cm³/mol. The van der Waals surface area contributed by atoms with Crippen molar-refractivity contribution in [2.24, 2.45) is 4.99 Å². The van der Waals surface area contributed by atoms with E-state index < -0.39 is 0 Å². The maximum absolute atomic E-state index is 11.8. The summed E-state index contributed by atoms with van der Waals surface area (Å²) in [5.74, 6) is 0.870. The molecule has 144 valence electrons. The van der Waals surface area contributed by atoms with Crippen molar-refractivity contribution in [3.63, 3.8) is 0 Å². The molecule has 2 N–H and O–H groups in total. The van der Waals surface area contributed by atoms with Crippen LogP contribution in [0.2, 0.25) is 0 Å². The van der Waals surface area contributed by atoms with Gasteiger partial charge in [-0.05, 0) is 38.5 Å². The predicted octanol–water partition coefficient (Wildman–Crippen LogP) is 1.80. The molecule has 1 amide bonds. The van der Waals surface area contributed by atoms with Crippen LogP contribution in [-0.4, -0.2) is 73.5 Å². The second-order valence-corrected chi connectivity index (χ2v) is 7.76. The van der Waals surface area contributed by atoms with E-state index in [-0.39, 0.29) is 36.4 Å². The van der Waals surface area contributed by atoms with Crippen molar-refractivity contribution in [2.45, 2.75) is 69.5 Å². The first-order valence-corrected chi connectivity index (χ1v) is 9.63. The van der Waals surface area contributed by atoms with Crippen LogP contribution >= 0.6 is 24.0 Å². The van der Waals surface area contributed by atoms with E-state index in [1.54, 1.807) is 19.0 Å². The molecule has 1 heterocycles. The number of likely N-dealkylation sites (tertiary alicyclic amines) is 1. The molecule has 0 spiro atoms. The molecule has 3 rings (SSSR count). The van der Waals surface area contributed by atoms with Crippen LogP contribution in [0.15, 0.2) is 4.99 Å². The number of aliphatic imine (C=N–C) groups is 1. The second-order valence-electron chi connectivity index (χ2n) is 7.76. The minimum atomic E-state index is 0. The fourth-order valence-electron chi connectivity index (χ4n) is 3.71. The minimum absolute atomic E-state index is 0. The number of hydrogen-bond acceptors (Lipinski definition) is 3. The van der Waals surface area contributed by atoms with E-state index in [1.807, 2.05) is 0 Å². The van der Waals surface area contributed by atoms with E-state index in [9.17, 15) is 4.79 Å². The van der Waals surface area contributed by atoms with Crippen LogP contribution in [0.3, 0.4) is 0 Å². The van der Waals surface area contributed by atoms with Gasteiger partial charge in [-0.15, -0.1) is 24.0 Å². The first-order valence-electron chi connectivity index (χ1n) is 9.63. The summed E-state index contributed by atoms with van der Waals surface area (Å²) in [6.07, 6.45) is 10.4. The Morgan fingerprint density at radius 1 is 1.00 bits per heavy atom. The molecule has 0 bridgehead atoms. The molecule has 0 unspecified atom stereocenters. The third-order valence-electron chi connectivity index (χ3n) is 5.50. The fraction of sp³-hybridized carbons (Fsp3) is 0.889. The van der Waals surface area contributed by atoms with Crippen LogP contribution in [0.4, 0.5) is 0 Å². The average Bonchev–Trinajstić information content (AvgIpc) is 3.22. The van der Waals surface area contributed by atoms with Crippen LogP contribution in [0.1, 0.15) is 51.4 Å². The van der Waals surface area contributed by atoms with Crippen molar-refractivity contribution in [3.05, 3.63) is 0 Å². The number of amides is 1. The molecular weight excluding hydrogens is 429 g/mol. The average molecular weight is 463 g/mol. The molecule has 2 saturated carbocycles. The Morgan fingerprint density at radius 2 is 1.56 bits per heavy atom. The molecular formula is C18H34IN5O. The molecule has 0 atom stereocenters. The molecule has 25 heavy (non-hydrogen) atoms. The Bertz CT molecular complexity index is 452. The zero-order valence-corrected chi connectivity index (χ0v) is 18.0. The van der Waals surface area contributed by atoms with Gasteiger partial charge in [0.25, 0.3) is 0 Å². The van der Waals surface area contributed by atoms with Crippen molar-refractivity contribution >= 4 is 35.8 Å². The molecule has 1 saturated heterocycles. The normalized spacial score (nSPS) is 23.2. The van der Waals surface area contributed by atoms with Crippen LogP contribution in [0, 0.1) is 0 Å². The standard InChI is InChI=1S/C18H33N5O.HI/c1-22(2)17(24)13-19-18(20-14-7-8-14)21-15-9-11-23(12-10-15)16-5-3-4-6-16;/h14-16H,3-13H2,1-2H3,(H2,19,20,21);1H. The largest absolute Gasteiger partial charge is 0.354 e. The lowest BCUT2D eigenvalue weighted by atomic mass is 10.0. The number of carbonyl (C=O) groups is 1. The molecule has 0 aromatic heterocycles. The third kappa shape index (κ3) is 6.58. The fourth-order valence-corrected chi connectivity index (χ4v) is 3.71. The van der Waals surface area contributed by atoms with E-state index in [2.05, 4.69) is 20.5 Å².